The third-order valence-electron chi connectivity index (χ3n) is 6.34. The zero-order valence-electron chi connectivity index (χ0n) is 19.6. The molecule has 186 valence electrons. The number of aromatic nitrogens is 2. The molecule has 4 aromatic rings. The lowest BCUT2D eigenvalue weighted by Gasteiger charge is -2.36. The van der Waals surface area contributed by atoms with Crippen LogP contribution in [0.1, 0.15) is 49.4 Å². The summed E-state index contributed by atoms with van der Waals surface area (Å²) >= 11 is 0. The van der Waals surface area contributed by atoms with Crippen molar-refractivity contribution < 1.29 is 19.1 Å². The highest BCUT2D eigenvalue weighted by atomic mass is 19.1. The minimum absolute atomic E-state index is 0.0395. The molecule has 2 heterocycles. The summed E-state index contributed by atoms with van der Waals surface area (Å²) in [4.78, 5) is 47.5. The third kappa shape index (κ3) is 4.97. The number of aromatic hydroxyl groups is 1. The molecule has 0 radical (unpaired) electrons. The lowest BCUT2D eigenvalue weighted by atomic mass is 9.92. The fourth-order valence-corrected chi connectivity index (χ4v) is 4.40. The fraction of sp³-hybridized carbons (Fsp3) is 0.143. The first-order chi connectivity index (χ1) is 17.9. The Bertz CT molecular complexity index is 1520. The highest BCUT2D eigenvalue weighted by Gasteiger charge is 2.34. The number of carbonyl (C=O) groups excluding carboxylic acids is 2. The molecule has 0 spiro atoms. The summed E-state index contributed by atoms with van der Waals surface area (Å²) in [6.45, 7) is 0.322. The van der Waals surface area contributed by atoms with Crippen LogP contribution in [0.25, 0.3) is 0 Å². The zero-order valence-corrected chi connectivity index (χ0v) is 19.6. The van der Waals surface area contributed by atoms with Gasteiger partial charge in [-0.25, -0.2) is 9.37 Å². The smallest absolute Gasteiger partial charge is 0.294 e. The van der Waals surface area contributed by atoms with E-state index in [1.807, 2.05) is 30.3 Å². The largest absolute Gasteiger partial charge is 0.501 e. The van der Waals surface area contributed by atoms with Gasteiger partial charge in [0.15, 0.2) is 5.69 Å². The minimum atomic E-state index is -0.886. The summed E-state index contributed by atoms with van der Waals surface area (Å²) in [6.07, 6.45) is 0.360. The van der Waals surface area contributed by atoms with Crippen molar-refractivity contribution in [1.82, 2.24) is 20.2 Å². The van der Waals surface area contributed by atoms with Crippen molar-refractivity contribution in [3.05, 3.63) is 129 Å². The number of benzene rings is 3. The Hall–Kier alpha value is -4.79. The van der Waals surface area contributed by atoms with E-state index in [4.69, 9.17) is 0 Å². The summed E-state index contributed by atoms with van der Waals surface area (Å²) in [5.41, 5.74) is 1.73. The molecule has 0 fully saturated rings. The van der Waals surface area contributed by atoms with Crippen LogP contribution in [0.15, 0.2) is 83.7 Å². The number of amides is 2. The number of fused-ring (bicyclic) bond motifs is 1. The van der Waals surface area contributed by atoms with Gasteiger partial charge in [-0.2, -0.15) is 0 Å². The van der Waals surface area contributed by atoms with E-state index in [1.54, 1.807) is 29.2 Å². The first-order valence-corrected chi connectivity index (χ1v) is 11.7. The number of carbonyl (C=O) groups is 2. The molecular weight excluding hydrogens is 475 g/mol. The van der Waals surface area contributed by atoms with Gasteiger partial charge in [0.25, 0.3) is 17.4 Å². The quantitative estimate of drug-likeness (QED) is 0.390. The second-order valence-electron chi connectivity index (χ2n) is 8.75. The number of halogens is 1. The summed E-state index contributed by atoms with van der Waals surface area (Å²) in [7, 11) is 0. The van der Waals surface area contributed by atoms with Crippen LogP contribution in [0.2, 0.25) is 0 Å². The maximum Gasteiger partial charge on any atom is 0.294 e. The molecule has 5 rings (SSSR count). The van der Waals surface area contributed by atoms with Crippen LogP contribution in [-0.2, 0) is 19.5 Å². The SMILES string of the molecule is O=C(NCc1ccc(F)cc1)c1nc(C2Cc3ccccc3CN2C(=O)c2ccccc2)[nH]c(=O)c1O. The summed E-state index contributed by atoms with van der Waals surface area (Å²) in [5, 5.41) is 12.9. The Morgan fingerprint density at radius 3 is 2.41 bits per heavy atom. The Balaban J connectivity index is 1.49. The average molecular weight is 499 g/mol. The molecule has 37 heavy (non-hydrogen) atoms. The van der Waals surface area contributed by atoms with Crippen LogP contribution in [0.3, 0.4) is 0 Å². The van der Waals surface area contributed by atoms with Crippen molar-refractivity contribution in [3.8, 4) is 5.75 Å². The average Bonchev–Trinajstić information content (AvgIpc) is 2.93. The van der Waals surface area contributed by atoms with Crippen molar-refractivity contribution in [2.24, 2.45) is 0 Å². The molecule has 1 aliphatic heterocycles. The number of hydrogen-bond donors (Lipinski definition) is 3. The summed E-state index contributed by atoms with van der Waals surface area (Å²) in [6, 6.07) is 21.3. The Labute approximate surface area is 211 Å². The predicted octanol–water partition coefficient (Wildman–Crippen LogP) is 3.48. The molecule has 2 amide bonds. The minimum Gasteiger partial charge on any atom is -0.501 e. The topological polar surface area (TPSA) is 115 Å². The van der Waals surface area contributed by atoms with Crippen LogP contribution in [0, 0.1) is 5.82 Å². The highest BCUT2D eigenvalue weighted by molar-refractivity contribution is 5.95. The van der Waals surface area contributed by atoms with Gasteiger partial charge >= 0.3 is 0 Å². The van der Waals surface area contributed by atoms with Crippen molar-refractivity contribution >= 4 is 11.8 Å². The zero-order chi connectivity index (χ0) is 25.9. The summed E-state index contributed by atoms with van der Waals surface area (Å²) < 4.78 is 13.2. The third-order valence-corrected chi connectivity index (χ3v) is 6.34. The first-order valence-electron chi connectivity index (χ1n) is 11.7. The van der Waals surface area contributed by atoms with Crippen molar-refractivity contribution in [1.29, 1.82) is 0 Å². The Kier molecular flexibility index (Phi) is 6.51. The van der Waals surface area contributed by atoms with Crippen LogP contribution in [0.4, 0.5) is 4.39 Å². The van der Waals surface area contributed by atoms with Gasteiger partial charge in [0.2, 0.25) is 5.75 Å². The summed E-state index contributed by atoms with van der Waals surface area (Å²) in [5.74, 6) is -2.16. The number of nitrogens with zero attached hydrogens (tertiary/aromatic N) is 2. The molecule has 0 aliphatic carbocycles. The lowest BCUT2D eigenvalue weighted by molar-refractivity contribution is 0.0627. The molecule has 0 bridgehead atoms. The number of H-pyrrole nitrogens is 1. The van der Waals surface area contributed by atoms with Gasteiger partial charge in [0, 0.05) is 25.1 Å². The number of nitrogens with one attached hydrogen (secondary N) is 2. The number of hydrogen-bond acceptors (Lipinski definition) is 5. The number of rotatable bonds is 5. The molecule has 8 nitrogen and oxygen atoms in total. The normalized spacial score (nSPS) is 14.6. The molecule has 1 aliphatic rings. The van der Waals surface area contributed by atoms with Crippen LogP contribution in [0.5, 0.6) is 5.75 Å². The fourth-order valence-electron chi connectivity index (χ4n) is 4.40. The Morgan fingerprint density at radius 2 is 1.68 bits per heavy atom. The van der Waals surface area contributed by atoms with Gasteiger partial charge in [0.05, 0.1) is 6.04 Å². The molecule has 3 aromatic carbocycles. The number of aromatic amines is 1. The van der Waals surface area contributed by atoms with E-state index in [0.29, 0.717) is 17.5 Å². The van der Waals surface area contributed by atoms with Crippen molar-refractivity contribution in [2.75, 3.05) is 0 Å². The maximum absolute atomic E-state index is 13.5. The van der Waals surface area contributed by atoms with Gasteiger partial charge < -0.3 is 20.3 Å². The van der Waals surface area contributed by atoms with E-state index in [2.05, 4.69) is 15.3 Å². The Morgan fingerprint density at radius 1 is 1.00 bits per heavy atom. The monoisotopic (exact) mass is 498 g/mol. The molecule has 1 unspecified atom stereocenters. The van der Waals surface area contributed by atoms with E-state index in [1.165, 1.54) is 24.3 Å². The van der Waals surface area contributed by atoms with E-state index >= 15 is 0 Å². The lowest BCUT2D eigenvalue weighted by Crippen LogP contribution is -2.40. The van der Waals surface area contributed by atoms with Crippen molar-refractivity contribution in [2.45, 2.75) is 25.6 Å². The second kappa shape index (κ2) is 10.1. The molecule has 0 saturated carbocycles. The first kappa shape index (κ1) is 23.9. The van der Waals surface area contributed by atoms with Gasteiger partial charge in [-0.05, 0) is 41.0 Å². The predicted molar refractivity (Wildman–Crippen MR) is 133 cm³/mol. The van der Waals surface area contributed by atoms with E-state index in [0.717, 1.165) is 11.1 Å². The molecule has 1 aromatic heterocycles. The molecule has 0 saturated heterocycles. The van der Waals surface area contributed by atoms with Crippen molar-refractivity contribution in [3.63, 3.8) is 0 Å². The van der Waals surface area contributed by atoms with Crippen LogP contribution < -0.4 is 10.9 Å². The molecule has 1 atom stereocenters. The standard InChI is InChI=1S/C28H23FN4O4/c29-21-12-10-17(11-13-21)15-30-26(35)23-24(34)27(36)32-25(31-23)22-14-19-8-4-5-9-20(19)16-33(22)28(37)18-6-2-1-3-7-18/h1-13,22,34H,14-16H2,(H,30,35)(H,31,32,36). The highest BCUT2D eigenvalue weighted by Crippen LogP contribution is 2.33. The van der Waals surface area contributed by atoms with Gasteiger partial charge in [-0.1, -0.05) is 54.6 Å². The van der Waals surface area contributed by atoms with Gasteiger partial charge in [-0.3, -0.25) is 14.4 Å². The van der Waals surface area contributed by atoms with E-state index < -0.39 is 34.8 Å². The molecular formula is C28H23FN4O4. The molecule has 9 heteroatoms. The van der Waals surface area contributed by atoms with Gasteiger partial charge in [-0.15, -0.1) is 0 Å². The van der Waals surface area contributed by atoms with E-state index in [9.17, 15) is 23.9 Å². The van der Waals surface area contributed by atoms with E-state index in [-0.39, 0.29) is 24.8 Å². The van der Waals surface area contributed by atoms with Gasteiger partial charge in [0.1, 0.15) is 11.6 Å². The van der Waals surface area contributed by atoms with Crippen LogP contribution in [-0.4, -0.2) is 31.8 Å². The molecule has 3 N–H and O–H groups in total. The second-order valence-corrected chi connectivity index (χ2v) is 8.75. The van der Waals surface area contributed by atoms with Crippen LogP contribution >= 0.6 is 0 Å². The maximum atomic E-state index is 13.5.